The van der Waals surface area contributed by atoms with E-state index in [1.165, 1.54) is 7.11 Å². The number of benzene rings is 2. The maximum atomic E-state index is 12.7. The van der Waals surface area contributed by atoms with Crippen LogP contribution in [0.2, 0.25) is 0 Å². The molecule has 0 saturated carbocycles. The molecule has 5 nitrogen and oxygen atoms in total. The van der Waals surface area contributed by atoms with Crippen LogP contribution in [-0.2, 0) is 15.6 Å². The maximum absolute atomic E-state index is 12.7. The molecule has 26 heavy (non-hydrogen) atoms. The van der Waals surface area contributed by atoms with Gasteiger partial charge in [0.25, 0.3) is 5.91 Å². The molecular formula is C20H23NO4S. The highest BCUT2D eigenvalue weighted by Gasteiger charge is 2.32. The van der Waals surface area contributed by atoms with E-state index >= 15 is 0 Å². The van der Waals surface area contributed by atoms with Crippen molar-refractivity contribution in [3.8, 4) is 5.75 Å². The Balaban J connectivity index is 1.64. The molecule has 138 valence electrons. The standard InChI is InChI=1S/C20H23NO4S/c1-25-19-10-6-5-9-18(19)20(22)21-13-11-17(12-14-21)26(23,24)15-16-7-3-2-4-8-16/h2-10,17H,11-15H2,1H3. The Kier molecular flexibility index (Phi) is 5.61. The van der Waals surface area contributed by atoms with Crippen LogP contribution in [0.3, 0.4) is 0 Å². The Morgan fingerprint density at radius 2 is 1.65 bits per heavy atom. The van der Waals surface area contributed by atoms with Gasteiger partial charge in [0.1, 0.15) is 5.75 Å². The zero-order valence-electron chi connectivity index (χ0n) is 14.8. The van der Waals surface area contributed by atoms with Gasteiger partial charge in [-0.3, -0.25) is 4.79 Å². The molecule has 1 aliphatic rings. The third-order valence-electron chi connectivity index (χ3n) is 4.79. The molecule has 0 aromatic heterocycles. The van der Waals surface area contributed by atoms with Gasteiger partial charge in [-0.2, -0.15) is 0 Å². The number of rotatable bonds is 5. The molecule has 0 spiro atoms. The summed E-state index contributed by atoms with van der Waals surface area (Å²) in [6.07, 6.45) is 0.937. The lowest BCUT2D eigenvalue weighted by Gasteiger charge is -2.32. The molecule has 1 aliphatic heterocycles. The first-order valence-corrected chi connectivity index (χ1v) is 10.4. The summed E-state index contributed by atoms with van der Waals surface area (Å²) in [4.78, 5) is 14.4. The van der Waals surface area contributed by atoms with Crippen molar-refractivity contribution in [2.24, 2.45) is 0 Å². The Labute approximate surface area is 154 Å². The number of nitrogens with zero attached hydrogens (tertiary/aromatic N) is 1. The molecule has 0 bridgehead atoms. The lowest BCUT2D eigenvalue weighted by atomic mass is 10.1. The maximum Gasteiger partial charge on any atom is 0.257 e. The summed E-state index contributed by atoms with van der Waals surface area (Å²) in [6, 6.07) is 16.3. The highest BCUT2D eigenvalue weighted by Crippen LogP contribution is 2.25. The Hall–Kier alpha value is -2.34. The van der Waals surface area contributed by atoms with E-state index in [4.69, 9.17) is 4.74 Å². The number of carbonyl (C=O) groups excluding carboxylic acids is 1. The van der Waals surface area contributed by atoms with Gasteiger partial charge in [0.15, 0.2) is 9.84 Å². The largest absolute Gasteiger partial charge is 0.496 e. The molecule has 1 heterocycles. The molecule has 6 heteroatoms. The molecular weight excluding hydrogens is 350 g/mol. The molecule has 1 fully saturated rings. The Bertz CT molecular complexity index is 856. The fraction of sp³-hybridized carbons (Fsp3) is 0.350. The topological polar surface area (TPSA) is 63.7 Å². The van der Waals surface area contributed by atoms with Crippen molar-refractivity contribution in [3.63, 3.8) is 0 Å². The van der Waals surface area contributed by atoms with Crippen molar-refractivity contribution in [1.82, 2.24) is 4.90 Å². The number of hydrogen-bond acceptors (Lipinski definition) is 4. The van der Waals surface area contributed by atoms with Gasteiger partial charge in [0, 0.05) is 13.1 Å². The smallest absolute Gasteiger partial charge is 0.257 e. The van der Waals surface area contributed by atoms with Crippen LogP contribution in [0, 0.1) is 0 Å². The minimum atomic E-state index is -3.23. The van der Waals surface area contributed by atoms with Crippen LogP contribution < -0.4 is 4.74 Å². The van der Waals surface area contributed by atoms with Crippen molar-refractivity contribution in [3.05, 3.63) is 65.7 Å². The first kappa shape index (κ1) is 18.5. The minimum absolute atomic E-state index is 0.0545. The number of para-hydroxylation sites is 1. The van der Waals surface area contributed by atoms with Crippen molar-refractivity contribution < 1.29 is 17.9 Å². The first-order chi connectivity index (χ1) is 12.5. The normalized spacial score (nSPS) is 15.7. The van der Waals surface area contributed by atoms with Gasteiger partial charge in [0.2, 0.25) is 0 Å². The minimum Gasteiger partial charge on any atom is -0.496 e. The molecule has 0 aliphatic carbocycles. The SMILES string of the molecule is COc1ccccc1C(=O)N1CCC(S(=O)(=O)Cc2ccccc2)CC1. The number of carbonyl (C=O) groups is 1. The molecule has 3 rings (SSSR count). The number of methoxy groups -OCH3 is 1. The molecule has 1 amide bonds. The molecule has 2 aromatic carbocycles. The Morgan fingerprint density at radius 3 is 2.31 bits per heavy atom. The van der Waals surface area contributed by atoms with Gasteiger partial charge >= 0.3 is 0 Å². The van der Waals surface area contributed by atoms with Crippen LogP contribution in [-0.4, -0.2) is 44.7 Å². The number of hydrogen-bond donors (Lipinski definition) is 0. The second-order valence-corrected chi connectivity index (χ2v) is 8.77. The summed E-state index contributed by atoms with van der Waals surface area (Å²) in [5.74, 6) is 0.483. The molecule has 0 N–H and O–H groups in total. The van der Waals surface area contributed by atoms with E-state index in [1.807, 2.05) is 36.4 Å². The average Bonchev–Trinajstić information content (AvgIpc) is 2.68. The van der Waals surface area contributed by atoms with Crippen LogP contribution in [0.5, 0.6) is 5.75 Å². The number of amides is 1. The lowest BCUT2D eigenvalue weighted by Crippen LogP contribution is -2.42. The fourth-order valence-corrected chi connectivity index (χ4v) is 5.16. The van der Waals surface area contributed by atoms with Crippen LogP contribution in [0.15, 0.2) is 54.6 Å². The van der Waals surface area contributed by atoms with Gasteiger partial charge < -0.3 is 9.64 Å². The summed E-state index contributed by atoms with van der Waals surface area (Å²) >= 11 is 0. The van der Waals surface area contributed by atoms with Gasteiger partial charge in [-0.25, -0.2) is 8.42 Å². The lowest BCUT2D eigenvalue weighted by molar-refractivity contribution is 0.0722. The molecule has 0 atom stereocenters. The van der Waals surface area contributed by atoms with E-state index in [-0.39, 0.29) is 11.7 Å². The number of likely N-dealkylation sites (tertiary alicyclic amines) is 1. The third kappa shape index (κ3) is 4.07. The quantitative estimate of drug-likeness (QED) is 0.808. The van der Waals surface area contributed by atoms with E-state index in [9.17, 15) is 13.2 Å². The second kappa shape index (κ2) is 7.91. The van der Waals surface area contributed by atoms with Crippen LogP contribution in [0.4, 0.5) is 0 Å². The molecule has 0 unspecified atom stereocenters. The van der Waals surface area contributed by atoms with Crippen LogP contribution in [0.1, 0.15) is 28.8 Å². The highest BCUT2D eigenvalue weighted by atomic mass is 32.2. The molecule has 2 aromatic rings. The van der Waals surface area contributed by atoms with E-state index in [0.29, 0.717) is 37.2 Å². The van der Waals surface area contributed by atoms with Crippen molar-refractivity contribution in [2.75, 3.05) is 20.2 Å². The van der Waals surface area contributed by atoms with Crippen molar-refractivity contribution in [2.45, 2.75) is 23.8 Å². The first-order valence-electron chi connectivity index (χ1n) is 8.69. The summed E-state index contributed by atoms with van der Waals surface area (Å²) in [6.45, 7) is 0.880. The van der Waals surface area contributed by atoms with Crippen molar-refractivity contribution >= 4 is 15.7 Å². The summed E-state index contributed by atoms with van der Waals surface area (Å²) in [5, 5.41) is -0.399. The van der Waals surface area contributed by atoms with Crippen LogP contribution in [0.25, 0.3) is 0 Å². The van der Waals surface area contributed by atoms with E-state index in [2.05, 4.69) is 0 Å². The van der Waals surface area contributed by atoms with Gasteiger partial charge in [-0.15, -0.1) is 0 Å². The third-order valence-corrected chi connectivity index (χ3v) is 7.01. The fourth-order valence-electron chi connectivity index (χ4n) is 3.33. The predicted molar refractivity (Wildman–Crippen MR) is 101 cm³/mol. The number of ether oxygens (including phenoxy) is 1. The zero-order valence-corrected chi connectivity index (χ0v) is 15.6. The van der Waals surface area contributed by atoms with E-state index in [1.54, 1.807) is 23.1 Å². The highest BCUT2D eigenvalue weighted by molar-refractivity contribution is 7.91. The summed E-state index contributed by atoms with van der Waals surface area (Å²) in [5.41, 5.74) is 1.32. The molecule has 1 saturated heterocycles. The predicted octanol–water partition coefficient (Wildman–Crippen LogP) is 2.91. The van der Waals surface area contributed by atoms with E-state index in [0.717, 1.165) is 5.56 Å². The van der Waals surface area contributed by atoms with Gasteiger partial charge in [0.05, 0.1) is 23.7 Å². The van der Waals surface area contributed by atoms with Crippen molar-refractivity contribution in [1.29, 1.82) is 0 Å². The summed E-state index contributed by atoms with van der Waals surface area (Å²) < 4.78 is 30.6. The van der Waals surface area contributed by atoms with Gasteiger partial charge in [-0.05, 0) is 30.5 Å². The number of sulfone groups is 1. The second-order valence-electron chi connectivity index (χ2n) is 6.48. The summed E-state index contributed by atoms with van der Waals surface area (Å²) in [7, 11) is -1.69. The van der Waals surface area contributed by atoms with Crippen LogP contribution >= 0.6 is 0 Å². The monoisotopic (exact) mass is 373 g/mol. The number of piperidine rings is 1. The molecule has 0 radical (unpaired) electrons. The zero-order chi connectivity index (χ0) is 18.6. The van der Waals surface area contributed by atoms with Gasteiger partial charge in [-0.1, -0.05) is 42.5 Å². The van der Waals surface area contributed by atoms with E-state index < -0.39 is 15.1 Å². The average molecular weight is 373 g/mol. The Morgan fingerprint density at radius 1 is 1.04 bits per heavy atom.